The summed E-state index contributed by atoms with van der Waals surface area (Å²) in [5.74, 6) is 0.449. The van der Waals surface area contributed by atoms with Crippen molar-refractivity contribution in [1.82, 2.24) is 4.98 Å². The van der Waals surface area contributed by atoms with Gasteiger partial charge in [0.1, 0.15) is 12.0 Å². The van der Waals surface area contributed by atoms with Crippen LogP contribution in [0, 0.1) is 0 Å². The first-order valence-electron chi connectivity index (χ1n) is 7.26. The van der Waals surface area contributed by atoms with Crippen molar-refractivity contribution < 1.29 is 12.8 Å². The molecule has 3 rings (SSSR count). The summed E-state index contributed by atoms with van der Waals surface area (Å²) in [5.41, 5.74) is 1.91. The lowest BCUT2D eigenvalue weighted by Crippen LogP contribution is -2.29. The average Bonchev–Trinajstić information content (AvgIpc) is 3.01. The van der Waals surface area contributed by atoms with Gasteiger partial charge in [-0.3, -0.25) is 4.31 Å². The fourth-order valence-corrected chi connectivity index (χ4v) is 3.80. The van der Waals surface area contributed by atoms with Crippen molar-refractivity contribution in [1.29, 1.82) is 0 Å². The van der Waals surface area contributed by atoms with Gasteiger partial charge in [-0.1, -0.05) is 37.9 Å². The molecule has 0 spiro atoms. The van der Waals surface area contributed by atoms with E-state index in [1.165, 1.54) is 16.8 Å². The van der Waals surface area contributed by atoms with Gasteiger partial charge < -0.3 is 4.42 Å². The van der Waals surface area contributed by atoms with Crippen LogP contribution in [0.1, 0.15) is 5.69 Å². The molecule has 0 fully saturated rings. The van der Waals surface area contributed by atoms with Gasteiger partial charge in [0.25, 0.3) is 0 Å². The number of anilines is 1. The van der Waals surface area contributed by atoms with Gasteiger partial charge in [0, 0.05) is 14.5 Å². The van der Waals surface area contributed by atoms with Crippen LogP contribution in [0.2, 0.25) is 0 Å². The molecule has 0 atom stereocenters. The van der Waals surface area contributed by atoms with Crippen LogP contribution in [-0.4, -0.2) is 19.7 Å². The highest BCUT2D eigenvalue weighted by Gasteiger charge is 2.20. The Morgan fingerprint density at radius 1 is 1.08 bits per heavy atom. The molecule has 5 nitrogen and oxygen atoms in total. The predicted molar refractivity (Wildman–Crippen MR) is 105 cm³/mol. The molecule has 0 aliphatic rings. The average molecular weight is 486 g/mol. The smallest absolute Gasteiger partial charge is 0.232 e. The van der Waals surface area contributed by atoms with Gasteiger partial charge in [0.2, 0.25) is 15.9 Å². The van der Waals surface area contributed by atoms with Crippen molar-refractivity contribution in [3.05, 3.63) is 69.4 Å². The molecule has 2 aromatic carbocycles. The van der Waals surface area contributed by atoms with Crippen LogP contribution in [0.5, 0.6) is 0 Å². The van der Waals surface area contributed by atoms with Gasteiger partial charge in [0.05, 0.1) is 18.5 Å². The molecule has 0 radical (unpaired) electrons. The molecule has 0 bridgehead atoms. The molecule has 1 aromatic heterocycles. The van der Waals surface area contributed by atoms with Crippen LogP contribution < -0.4 is 4.31 Å². The molecule has 0 saturated heterocycles. The maximum absolute atomic E-state index is 12.2. The van der Waals surface area contributed by atoms with E-state index in [2.05, 4.69) is 36.8 Å². The molecule has 0 N–H and O–H groups in total. The minimum absolute atomic E-state index is 0.0926. The zero-order chi connectivity index (χ0) is 18.0. The van der Waals surface area contributed by atoms with E-state index in [0.717, 1.165) is 14.5 Å². The Labute approximate surface area is 163 Å². The van der Waals surface area contributed by atoms with Gasteiger partial charge in [-0.25, -0.2) is 13.4 Å². The van der Waals surface area contributed by atoms with Crippen LogP contribution >= 0.6 is 31.9 Å². The van der Waals surface area contributed by atoms with E-state index in [0.29, 0.717) is 17.3 Å². The summed E-state index contributed by atoms with van der Waals surface area (Å²) in [5, 5.41) is 0. The molecule has 0 aliphatic heterocycles. The van der Waals surface area contributed by atoms with Crippen molar-refractivity contribution in [3.8, 4) is 11.5 Å². The van der Waals surface area contributed by atoms with E-state index < -0.39 is 10.0 Å². The summed E-state index contributed by atoms with van der Waals surface area (Å²) in [6.45, 7) is 0.0926. The van der Waals surface area contributed by atoms with Crippen molar-refractivity contribution in [2.24, 2.45) is 0 Å². The monoisotopic (exact) mass is 484 g/mol. The predicted octanol–water partition coefficient (Wildman–Crippen LogP) is 4.83. The Morgan fingerprint density at radius 3 is 2.44 bits per heavy atom. The van der Waals surface area contributed by atoms with E-state index in [-0.39, 0.29) is 6.54 Å². The lowest BCUT2D eigenvalue weighted by Gasteiger charge is -2.21. The fourth-order valence-electron chi connectivity index (χ4n) is 2.28. The summed E-state index contributed by atoms with van der Waals surface area (Å²) in [6.07, 6.45) is 2.65. The molecule has 130 valence electrons. The minimum atomic E-state index is -3.47. The lowest BCUT2D eigenvalue weighted by atomic mass is 10.2. The van der Waals surface area contributed by atoms with Crippen LogP contribution in [0.25, 0.3) is 11.5 Å². The first-order valence-corrected chi connectivity index (χ1v) is 10.7. The van der Waals surface area contributed by atoms with Crippen LogP contribution in [0.15, 0.2) is 68.2 Å². The van der Waals surface area contributed by atoms with E-state index in [1.807, 2.05) is 30.3 Å². The Kier molecular flexibility index (Phi) is 5.31. The SMILES string of the molecule is CS(=O)(=O)N(Cc1coc(-c2ccc(Br)cc2)n1)c1cccc(Br)c1. The number of sulfonamides is 1. The molecular formula is C17H14Br2N2O3S. The van der Waals surface area contributed by atoms with Gasteiger partial charge >= 0.3 is 0 Å². The topological polar surface area (TPSA) is 63.4 Å². The minimum Gasteiger partial charge on any atom is -0.444 e. The van der Waals surface area contributed by atoms with Gasteiger partial charge in [-0.15, -0.1) is 0 Å². The molecular weight excluding hydrogens is 472 g/mol. The number of aromatic nitrogens is 1. The largest absolute Gasteiger partial charge is 0.444 e. The normalized spacial score (nSPS) is 11.5. The number of benzene rings is 2. The number of nitrogens with zero attached hydrogens (tertiary/aromatic N) is 2. The second kappa shape index (κ2) is 7.31. The van der Waals surface area contributed by atoms with Crippen LogP contribution in [0.3, 0.4) is 0 Å². The number of hydrogen-bond donors (Lipinski definition) is 0. The third-order valence-corrected chi connectivity index (χ3v) is 5.61. The van der Waals surface area contributed by atoms with Crippen molar-refractivity contribution >= 4 is 47.6 Å². The second-order valence-electron chi connectivity index (χ2n) is 5.40. The van der Waals surface area contributed by atoms with E-state index in [4.69, 9.17) is 4.42 Å². The molecule has 0 amide bonds. The fraction of sp³-hybridized carbons (Fsp3) is 0.118. The standard InChI is InChI=1S/C17H14Br2N2O3S/c1-25(22,23)21(16-4-2-3-14(19)9-16)10-15-11-24-17(20-15)12-5-7-13(18)8-6-12/h2-9,11H,10H2,1H3. The quantitative estimate of drug-likeness (QED) is 0.519. The summed E-state index contributed by atoms with van der Waals surface area (Å²) in [7, 11) is -3.47. The number of hydrogen-bond acceptors (Lipinski definition) is 4. The van der Waals surface area contributed by atoms with Gasteiger partial charge in [0.15, 0.2) is 0 Å². The molecule has 0 unspecified atom stereocenters. The first kappa shape index (κ1) is 18.2. The van der Waals surface area contributed by atoms with Crippen LogP contribution in [0.4, 0.5) is 5.69 Å². The second-order valence-corrected chi connectivity index (χ2v) is 9.14. The van der Waals surface area contributed by atoms with E-state index in [1.54, 1.807) is 18.2 Å². The zero-order valence-corrected chi connectivity index (χ0v) is 17.2. The van der Waals surface area contributed by atoms with Crippen molar-refractivity contribution in [2.75, 3.05) is 10.6 Å². The lowest BCUT2D eigenvalue weighted by molar-refractivity contribution is 0.572. The number of halogens is 2. The maximum Gasteiger partial charge on any atom is 0.232 e. The summed E-state index contributed by atoms with van der Waals surface area (Å²) < 4.78 is 33.0. The van der Waals surface area contributed by atoms with Crippen molar-refractivity contribution in [3.63, 3.8) is 0 Å². The Balaban J connectivity index is 1.90. The molecule has 25 heavy (non-hydrogen) atoms. The van der Waals surface area contributed by atoms with Crippen LogP contribution in [-0.2, 0) is 16.6 Å². The van der Waals surface area contributed by atoms with E-state index in [9.17, 15) is 8.42 Å². The highest BCUT2D eigenvalue weighted by atomic mass is 79.9. The third-order valence-electron chi connectivity index (χ3n) is 3.45. The van der Waals surface area contributed by atoms with Gasteiger partial charge in [-0.05, 0) is 42.5 Å². The molecule has 8 heteroatoms. The maximum atomic E-state index is 12.2. The number of rotatable bonds is 5. The molecule has 0 aliphatic carbocycles. The molecule has 3 aromatic rings. The highest BCUT2D eigenvalue weighted by molar-refractivity contribution is 9.10. The Morgan fingerprint density at radius 2 is 1.80 bits per heavy atom. The third kappa shape index (κ3) is 4.50. The van der Waals surface area contributed by atoms with Crippen molar-refractivity contribution in [2.45, 2.75) is 6.54 Å². The summed E-state index contributed by atoms with van der Waals surface area (Å²) in [4.78, 5) is 4.41. The number of oxazole rings is 1. The molecule has 1 heterocycles. The molecule has 0 saturated carbocycles. The van der Waals surface area contributed by atoms with E-state index >= 15 is 0 Å². The highest BCUT2D eigenvalue weighted by Crippen LogP contribution is 2.26. The summed E-state index contributed by atoms with van der Waals surface area (Å²) in [6, 6.07) is 14.6. The van der Waals surface area contributed by atoms with Gasteiger partial charge in [-0.2, -0.15) is 0 Å². The summed E-state index contributed by atoms with van der Waals surface area (Å²) >= 11 is 6.74. The first-order chi connectivity index (χ1) is 11.8. The Bertz CT molecular complexity index is 985. The Hall–Kier alpha value is -1.64. The zero-order valence-electron chi connectivity index (χ0n) is 13.2.